The van der Waals surface area contributed by atoms with E-state index in [4.69, 9.17) is 9.47 Å². The van der Waals surface area contributed by atoms with Gasteiger partial charge in [0.1, 0.15) is 11.8 Å². The minimum atomic E-state index is 0. The second-order valence-electron chi connectivity index (χ2n) is 8.79. The van der Waals surface area contributed by atoms with E-state index < -0.39 is 0 Å². The highest BCUT2D eigenvalue weighted by Gasteiger charge is 2.13. The fourth-order valence-corrected chi connectivity index (χ4v) is 3.46. The molecule has 0 aliphatic rings. The van der Waals surface area contributed by atoms with Crippen LogP contribution in [0.1, 0.15) is 33.4 Å². The van der Waals surface area contributed by atoms with Crippen LogP contribution in [0.25, 0.3) is 21.9 Å². The summed E-state index contributed by atoms with van der Waals surface area (Å²) in [4.78, 5) is 12.3. The number of aromatic nitrogens is 3. The number of rotatable bonds is 8. The predicted molar refractivity (Wildman–Crippen MR) is 134 cm³/mol. The number of pyridine rings is 1. The number of H-pyrrole nitrogens is 1. The molecule has 0 atom stereocenters. The molecule has 2 heterocycles. The third-order valence-electron chi connectivity index (χ3n) is 4.87. The zero-order valence-corrected chi connectivity index (χ0v) is 20.0. The number of aryl methyl sites for hydroxylation is 1. The minimum Gasteiger partial charge on any atom is -0.489 e. The van der Waals surface area contributed by atoms with Crippen LogP contribution < -0.4 is 14.8 Å². The van der Waals surface area contributed by atoms with Gasteiger partial charge in [0, 0.05) is 28.4 Å². The van der Waals surface area contributed by atoms with Gasteiger partial charge in [-0.25, -0.2) is 9.97 Å². The number of benzene rings is 2. The van der Waals surface area contributed by atoms with E-state index in [1.807, 2.05) is 37.3 Å². The van der Waals surface area contributed by atoms with Gasteiger partial charge in [-0.1, -0.05) is 27.7 Å². The maximum Gasteiger partial charge on any atom is 0.163 e. The van der Waals surface area contributed by atoms with Crippen LogP contribution in [0.4, 0.5) is 11.4 Å². The van der Waals surface area contributed by atoms with E-state index in [0.717, 1.165) is 50.5 Å². The van der Waals surface area contributed by atoms with Crippen LogP contribution in [0.15, 0.2) is 42.7 Å². The highest BCUT2D eigenvalue weighted by Crippen LogP contribution is 2.35. The number of fused-ring (bicyclic) bond motifs is 3. The number of imidazole rings is 1. The van der Waals surface area contributed by atoms with Crippen LogP contribution >= 0.6 is 12.4 Å². The van der Waals surface area contributed by atoms with Gasteiger partial charge >= 0.3 is 0 Å². The summed E-state index contributed by atoms with van der Waals surface area (Å²) in [5, 5.41) is 4.59. The number of halogens is 1. The van der Waals surface area contributed by atoms with Crippen molar-refractivity contribution in [3.63, 3.8) is 0 Å². The van der Waals surface area contributed by atoms with Gasteiger partial charge in [-0.15, -0.1) is 12.4 Å². The molecule has 0 radical (unpaired) electrons. The Bertz CT molecular complexity index is 1200. The number of nitrogens with one attached hydrogen (secondary N) is 2. The molecule has 7 heteroatoms. The van der Waals surface area contributed by atoms with E-state index in [9.17, 15) is 0 Å². The third-order valence-corrected chi connectivity index (χ3v) is 4.87. The Morgan fingerprint density at radius 1 is 0.906 bits per heavy atom. The monoisotopic (exact) mass is 454 g/mol. The summed E-state index contributed by atoms with van der Waals surface area (Å²) in [7, 11) is 0. The molecule has 0 bridgehead atoms. The van der Waals surface area contributed by atoms with Gasteiger partial charge in [-0.3, -0.25) is 0 Å². The SMILES string of the molecule is Cc1cc(Nc2ccc(OCC(C)C)c(OCC(C)C)c2)c2c(ccc3ncnc32)[nH]1.Cl. The largest absolute Gasteiger partial charge is 0.489 e. The van der Waals surface area contributed by atoms with Crippen LogP contribution in [0, 0.1) is 18.8 Å². The number of anilines is 2. The van der Waals surface area contributed by atoms with Crippen molar-refractivity contribution in [1.82, 2.24) is 15.0 Å². The second-order valence-corrected chi connectivity index (χ2v) is 8.79. The zero-order chi connectivity index (χ0) is 22.0. The molecule has 6 nitrogen and oxygen atoms in total. The molecule has 0 amide bonds. The Balaban J connectivity index is 0.00000289. The fourth-order valence-electron chi connectivity index (χ4n) is 3.46. The molecule has 2 N–H and O–H groups in total. The van der Waals surface area contributed by atoms with Crippen molar-refractivity contribution < 1.29 is 9.47 Å². The average molecular weight is 455 g/mol. The summed E-state index contributed by atoms with van der Waals surface area (Å²) < 4.78 is 12.1. The molecular formula is C25H31ClN4O2. The number of ether oxygens (including phenoxy) is 2. The standard InChI is InChI=1S/C25H30N4O2.ClH/c1-15(2)12-30-22-9-6-18(11-23(22)31-13-16(3)4)29-21-10-17(5)28-19-7-8-20-25(24(19)21)27-14-26-20;/h6-11,14-16,28-29H,12-13H2,1-5H3;1H. The van der Waals surface area contributed by atoms with E-state index in [0.29, 0.717) is 25.0 Å². The number of hydrogen-bond donors (Lipinski definition) is 2. The van der Waals surface area contributed by atoms with Crippen LogP contribution in [0.2, 0.25) is 0 Å². The Morgan fingerprint density at radius 3 is 2.34 bits per heavy atom. The van der Waals surface area contributed by atoms with Crippen molar-refractivity contribution in [2.45, 2.75) is 34.6 Å². The molecule has 32 heavy (non-hydrogen) atoms. The van der Waals surface area contributed by atoms with E-state index in [2.05, 4.69) is 54.0 Å². The third kappa shape index (κ3) is 5.25. The summed E-state index contributed by atoms with van der Waals surface area (Å²) in [6.07, 6.45) is 1.60. The van der Waals surface area contributed by atoms with Gasteiger partial charge in [-0.05, 0) is 49.1 Å². The maximum atomic E-state index is 6.08. The van der Waals surface area contributed by atoms with Crippen molar-refractivity contribution in [1.29, 1.82) is 0 Å². The molecule has 0 spiro atoms. The Morgan fingerprint density at radius 2 is 1.62 bits per heavy atom. The minimum absolute atomic E-state index is 0. The summed E-state index contributed by atoms with van der Waals surface area (Å²) >= 11 is 0. The molecule has 0 unspecified atom stereocenters. The van der Waals surface area contributed by atoms with Gasteiger partial charge in [0.05, 0.1) is 24.4 Å². The Kier molecular flexibility index (Phi) is 7.46. The Labute approximate surface area is 195 Å². The van der Waals surface area contributed by atoms with Gasteiger partial charge in [-0.2, -0.15) is 0 Å². The normalized spacial score (nSPS) is 11.2. The fraction of sp³-hybridized carbons (Fsp3) is 0.360. The summed E-state index contributed by atoms with van der Waals surface area (Å²) in [6.45, 7) is 11.9. The highest BCUT2D eigenvalue weighted by molar-refractivity contribution is 6.10. The van der Waals surface area contributed by atoms with Crippen LogP contribution in [0.3, 0.4) is 0 Å². The van der Waals surface area contributed by atoms with E-state index in [1.54, 1.807) is 6.33 Å². The van der Waals surface area contributed by atoms with Crippen LogP contribution in [0.5, 0.6) is 11.5 Å². The lowest BCUT2D eigenvalue weighted by Gasteiger charge is -2.18. The van der Waals surface area contributed by atoms with E-state index in [-0.39, 0.29) is 12.4 Å². The molecule has 170 valence electrons. The quantitative estimate of drug-likeness (QED) is 0.311. The molecular weight excluding hydrogens is 424 g/mol. The van der Waals surface area contributed by atoms with Gasteiger partial charge in [0.25, 0.3) is 0 Å². The zero-order valence-electron chi connectivity index (χ0n) is 19.2. The lowest BCUT2D eigenvalue weighted by Crippen LogP contribution is -2.09. The average Bonchev–Trinajstić information content (AvgIpc) is 3.19. The number of nitrogens with zero attached hydrogens (tertiary/aromatic N) is 2. The Hall–Kier alpha value is -2.99. The number of aromatic amines is 1. The van der Waals surface area contributed by atoms with Crippen molar-refractivity contribution in [3.8, 4) is 11.5 Å². The van der Waals surface area contributed by atoms with E-state index >= 15 is 0 Å². The molecule has 4 aromatic rings. The molecule has 4 rings (SSSR count). The smallest absolute Gasteiger partial charge is 0.163 e. The number of hydrogen-bond acceptors (Lipinski definition) is 5. The van der Waals surface area contributed by atoms with Gasteiger partial charge < -0.3 is 19.8 Å². The molecule has 0 aliphatic heterocycles. The molecule has 2 aromatic carbocycles. The lowest BCUT2D eigenvalue weighted by atomic mass is 10.1. The van der Waals surface area contributed by atoms with Crippen molar-refractivity contribution in [3.05, 3.63) is 48.4 Å². The summed E-state index contributed by atoms with van der Waals surface area (Å²) in [6, 6.07) is 12.1. The predicted octanol–water partition coefficient (Wildman–Crippen LogP) is 6.65. The molecule has 0 aliphatic carbocycles. The van der Waals surface area contributed by atoms with E-state index in [1.165, 1.54) is 0 Å². The van der Waals surface area contributed by atoms with Gasteiger partial charge in [0.15, 0.2) is 11.5 Å². The summed E-state index contributed by atoms with van der Waals surface area (Å²) in [5.41, 5.74) is 5.74. The van der Waals surface area contributed by atoms with Crippen molar-refractivity contribution >= 4 is 45.7 Å². The van der Waals surface area contributed by atoms with Crippen LogP contribution in [-0.4, -0.2) is 28.2 Å². The highest BCUT2D eigenvalue weighted by atomic mass is 35.5. The maximum absolute atomic E-state index is 6.08. The molecule has 2 aromatic heterocycles. The van der Waals surface area contributed by atoms with Gasteiger partial charge in [0.2, 0.25) is 0 Å². The lowest BCUT2D eigenvalue weighted by molar-refractivity contribution is 0.229. The van der Waals surface area contributed by atoms with Crippen molar-refractivity contribution in [2.24, 2.45) is 11.8 Å². The van der Waals surface area contributed by atoms with Crippen molar-refractivity contribution in [2.75, 3.05) is 18.5 Å². The summed E-state index contributed by atoms with van der Waals surface area (Å²) in [5.74, 6) is 2.39. The first-order valence-corrected chi connectivity index (χ1v) is 10.8. The first kappa shape index (κ1) is 23.7. The van der Waals surface area contributed by atoms with Crippen LogP contribution in [-0.2, 0) is 0 Å². The first-order chi connectivity index (χ1) is 14.9. The molecule has 0 saturated heterocycles. The topological polar surface area (TPSA) is 72.1 Å². The first-order valence-electron chi connectivity index (χ1n) is 10.8. The molecule has 0 fully saturated rings. The molecule has 0 saturated carbocycles. The second kappa shape index (κ2) is 10.1.